The molecule has 0 aromatic heterocycles. The summed E-state index contributed by atoms with van der Waals surface area (Å²) in [6.07, 6.45) is 4.86. The molecular weight excluding hydrogens is 404 g/mol. The molecule has 0 aliphatic heterocycles. The van der Waals surface area contributed by atoms with Crippen LogP contribution in [0.3, 0.4) is 0 Å². The smallest absolute Gasteiger partial charge is 0.323 e. The molecule has 3 N–H and O–H groups in total. The molecule has 0 heterocycles. The maximum absolute atomic E-state index is 13.1. The fourth-order valence-corrected chi connectivity index (χ4v) is 4.59. The van der Waals surface area contributed by atoms with Gasteiger partial charge < -0.3 is 10.1 Å². The maximum atomic E-state index is 13.1. The molecule has 4 atom stereocenters. The number of carbonyl (C=O) groups excluding carboxylic acids is 2. The van der Waals surface area contributed by atoms with Crippen molar-refractivity contribution in [2.45, 2.75) is 91.8 Å². The zero-order chi connectivity index (χ0) is 23.7. The van der Waals surface area contributed by atoms with Gasteiger partial charge >= 0.3 is 5.97 Å². The lowest BCUT2D eigenvalue weighted by molar-refractivity contribution is -0.159. The van der Waals surface area contributed by atoms with Gasteiger partial charge in [0.05, 0.1) is 0 Å². The third-order valence-corrected chi connectivity index (χ3v) is 6.56. The lowest BCUT2D eigenvalue weighted by Gasteiger charge is -2.37. The van der Waals surface area contributed by atoms with Gasteiger partial charge in [-0.15, -0.1) is 0 Å². The molecule has 6 heteroatoms. The Morgan fingerprint density at radius 1 is 1.09 bits per heavy atom. The summed E-state index contributed by atoms with van der Waals surface area (Å²) in [4.78, 5) is 24.3. The predicted molar refractivity (Wildman–Crippen MR) is 126 cm³/mol. The van der Waals surface area contributed by atoms with E-state index in [9.17, 15) is 9.59 Å². The molecule has 1 aromatic rings. The van der Waals surface area contributed by atoms with E-state index in [0.29, 0.717) is 36.6 Å². The van der Waals surface area contributed by atoms with Gasteiger partial charge in [-0.05, 0) is 60.5 Å². The largest absolute Gasteiger partial charge is 0.461 e. The molecule has 6 nitrogen and oxygen atoms in total. The number of nitrogens with one attached hydrogen (secondary N) is 2. The highest BCUT2D eigenvalue weighted by molar-refractivity contribution is 5.76. The zero-order valence-corrected chi connectivity index (χ0v) is 20.4. The summed E-state index contributed by atoms with van der Waals surface area (Å²) in [6, 6.07) is 7.65. The van der Waals surface area contributed by atoms with Crippen LogP contribution in [0, 0.1) is 23.7 Å². The Kier molecular flexibility index (Phi) is 10.7. The number of benzene rings is 1. The van der Waals surface area contributed by atoms with Gasteiger partial charge in [-0.3, -0.25) is 14.8 Å². The van der Waals surface area contributed by atoms with Crippen LogP contribution in [0.25, 0.3) is 0 Å². The van der Waals surface area contributed by atoms with Crippen LogP contribution in [0.15, 0.2) is 24.3 Å². The summed E-state index contributed by atoms with van der Waals surface area (Å²) in [7, 11) is 0. The van der Waals surface area contributed by atoms with Crippen LogP contribution in [0.1, 0.15) is 77.8 Å². The molecule has 180 valence electrons. The van der Waals surface area contributed by atoms with Crippen LogP contribution in [0.5, 0.6) is 0 Å². The molecule has 1 unspecified atom stereocenters. The van der Waals surface area contributed by atoms with Crippen molar-refractivity contribution in [3.8, 4) is 0 Å². The Morgan fingerprint density at radius 3 is 2.34 bits per heavy atom. The number of carbonyl (C=O) groups is 2. The van der Waals surface area contributed by atoms with Gasteiger partial charge in [-0.2, -0.15) is 0 Å². The summed E-state index contributed by atoms with van der Waals surface area (Å²) in [6.45, 7) is 11.5. The fourth-order valence-electron chi connectivity index (χ4n) is 4.59. The highest BCUT2D eigenvalue weighted by atomic mass is 16.5. The van der Waals surface area contributed by atoms with E-state index in [-0.39, 0.29) is 24.5 Å². The molecule has 1 saturated carbocycles. The Balaban J connectivity index is 1.95. The number of rotatable bonds is 11. The lowest BCUT2D eigenvalue weighted by atomic mass is 9.75. The second kappa shape index (κ2) is 12.9. The summed E-state index contributed by atoms with van der Waals surface area (Å²) >= 11 is 0. The molecule has 0 radical (unpaired) electrons. The van der Waals surface area contributed by atoms with Crippen molar-refractivity contribution in [3.05, 3.63) is 35.4 Å². The van der Waals surface area contributed by atoms with Crippen LogP contribution in [-0.2, 0) is 27.3 Å². The van der Waals surface area contributed by atoms with E-state index < -0.39 is 5.91 Å². The van der Waals surface area contributed by atoms with Crippen molar-refractivity contribution in [2.75, 3.05) is 0 Å². The summed E-state index contributed by atoms with van der Waals surface area (Å²) < 4.78 is 6.11. The van der Waals surface area contributed by atoms with Gasteiger partial charge in [0.1, 0.15) is 12.1 Å². The Labute approximate surface area is 193 Å². The van der Waals surface area contributed by atoms with Crippen molar-refractivity contribution in [3.63, 3.8) is 0 Å². The molecular formula is C26H42N2O4. The van der Waals surface area contributed by atoms with Crippen molar-refractivity contribution < 1.29 is 19.5 Å². The highest BCUT2D eigenvalue weighted by Gasteiger charge is 2.35. The summed E-state index contributed by atoms with van der Waals surface area (Å²) in [5.41, 5.74) is 3.76. The van der Waals surface area contributed by atoms with E-state index in [1.165, 1.54) is 6.42 Å². The first-order valence-electron chi connectivity index (χ1n) is 12.1. The van der Waals surface area contributed by atoms with Gasteiger partial charge in [-0.1, -0.05) is 65.3 Å². The predicted octanol–water partition coefficient (Wildman–Crippen LogP) is 4.63. The van der Waals surface area contributed by atoms with E-state index in [0.717, 1.165) is 30.4 Å². The van der Waals surface area contributed by atoms with Crippen LogP contribution in [0.4, 0.5) is 0 Å². The van der Waals surface area contributed by atoms with Crippen molar-refractivity contribution >= 4 is 11.9 Å². The van der Waals surface area contributed by atoms with Crippen molar-refractivity contribution in [1.82, 2.24) is 10.8 Å². The molecule has 0 spiro atoms. The average Bonchev–Trinajstić information content (AvgIpc) is 2.75. The standard InChI is InChI=1S/C26H42N2O4/c1-17(2)14-23(26(30)32-24-15-19(5)6-12-22(24)18(3)4)27-16-21-9-7-20(8-10-21)11-13-25(29)28-31/h7-10,17-19,22-24,27,31H,6,11-16H2,1-5H3,(H,28,29)/t19-,22+,23?,24-/m1/s1. The Bertz CT molecular complexity index is 717. The second-order valence-electron chi connectivity index (χ2n) is 10.2. The molecule has 1 fully saturated rings. The third-order valence-electron chi connectivity index (χ3n) is 6.56. The molecule has 0 saturated heterocycles. The van der Waals surface area contributed by atoms with Crippen LogP contribution in [-0.4, -0.2) is 29.2 Å². The molecule has 1 aromatic carbocycles. The maximum Gasteiger partial charge on any atom is 0.323 e. The number of aryl methyl sites for hydroxylation is 1. The number of hydrogen-bond donors (Lipinski definition) is 3. The van der Waals surface area contributed by atoms with E-state index >= 15 is 0 Å². The molecule has 1 aliphatic carbocycles. The summed E-state index contributed by atoms with van der Waals surface area (Å²) in [5, 5.41) is 12.0. The number of ether oxygens (including phenoxy) is 1. The molecule has 1 amide bonds. The minimum Gasteiger partial charge on any atom is -0.461 e. The van der Waals surface area contributed by atoms with Gasteiger partial charge in [0.15, 0.2) is 0 Å². The first kappa shape index (κ1) is 26.3. The van der Waals surface area contributed by atoms with Crippen molar-refractivity contribution in [1.29, 1.82) is 0 Å². The van der Waals surface area contributed by atoms with E-state index in [1.54, 1.807) is 5.48 Å². The summed E-state index contributed by atoms with van der Waals surface area (Å²) in [5.74, 6) is 1.41. The highest BCUT2D eigenvalue weighted by Crippen LogP contribution is 2.35. The monoisotopic (exact) mass is 446 g/mol. The molecule has 1 aliphatic rings. The van der Waals surface area contributed by atoms with Crippen LogP contribution < -0.4 is 10.8 Å². The van der Waals surface area contributed by atoms with Gasteiger partial charge in [0, 0.05) is 13.0 Å². The van der Waals surface area contributed by atoms with E-state index in [4.69, 9.17) is 9.94 Å². The third kappa shape index (κ3) is 8.55. The number of hydrogen-bond acceptors (Lipinski definition) is 5. The van der Waals surface area contributed by atoms with Gasteiger partial charge in [0.25, 0.3) is 0 Å². The number of hydroxylamine groups is 1. The average molecular weight is 447 g/mol. The van der Waals surface area contributed by atoms with Gasteiger partial charge in [-0.25, -0.2) is 5.48 Å². The quantitative estimate of drug-likeness (QED) is 0.262. The second-order valence-corrected chi connectivity index (χ2v) is 10.2. The normalized spacial score (nSPS) is 22.1. The Morgan fingerprint density at radius 2 is 1.75 bits per heavy atom. The minimum atomic E-state index is -0.391. The minimum absolute atomic E-state index is 0.0121. The fraction of sp³-hybridized carbons (Fsp3) is 0.692. The molecule has 2 rings (SSSR count). The first-order valence-corrected chi connectivity index (χ1v) is 12.1. The van der Waals surface area contributed by atoms with Crippen molar-refractivity contribution in [2.24, 2.45) is 23.7 Å². The molecule has 32 heavy (non-hydrogen) atoms. The first-order chi connectivity index (χ1) is 15.2. The van der Waals surface area contributed by atoms with Crippen LogP contribution in [0.2, 0.25) is 0 Å². The van der Waals surface area contributed by atoms with Crippen LogP contribution >= 0.6 is 0 Å². The zero-order valence-electron chi connectivity index (χ0n) is 20.4. The number of amides is 1. The topological polar surface area (TPSA) is 87.7 Å². The lowest BCUT2D eigenvalue weighted by Crippen LogP contribution is -2.43. The van der Waals surface area contributed by atoms with E-state index in [1.807, 2.05) is 24.3 Å². The molecule has 0 bridgehead atoms. The van der Waals surface area contributed by atoms with Gasteiger partial charge in [0.2, 0.25) is 5.91 Å². The Hall–Kier alpha value is -1.92. The van der Waals surface area contributed by atoms with E-state index in [2.05, 4.69) is 39.9 Å². The number of esters is 1. The SMILES string of the molecule is CC(C)CC(NCc1ccc(CCC(=O)NO)cc1)C(=O)O[C@@H]1C[C@H](C)CC[C@H]1C(C)C.